The van der Waals surface area contributed by atoms with Gasteiger partial charge in [0.2, 0.25) is 0 Å². The fourth-order valence-electron chi connectivity index (χ4n) is 2.40. The Kier molecular flexibility index (Phi) is 9.27. The van der Waals surface area contributed by atoms with E-state index in [1.54, 1.807) is 0 Å². The van der Waals surface area contributed by atoms with Crippen molar-refractivity contribution < 1.29 is 9.13 Å². The molecule has 0 aliphatic carbocycles. The largest absolute Gasteiger partial charge is 0.369 e. The monoisotopic (exact) mass is 295 g/mol. The van der Waals surface area contributed by atoms with Crippen molar-refractivity contribution in [3.05, 3.63) is 35.6 Å². The summed E-state index contributed by atoms with van der Waals surface area (Å²) in [6, 6.07) is 6.65. The average molecular weight is 295 g/mol. The molecule has 0 bridgehead atoms. The van der Waals surface area contributed by atoms with Gasteiger partial charge in [-0.25, -0.2) is 4.39 Å². The molecule has 2 unspecified atom stereocenters. The summed E-state index contributed by atoms with van der Waals surface area (Å²) >= 11 is 0. The summed E-state index contributed by atoms with van der Waals surface area (Å²) in [6.07, 6.45) is 6.36. The molecule has 1 aromatic rings. The van der Waals surface area contributed by atoms with Crippen LogP contribution in [0, 0.1) is 5.82 Å². The van der Waals surface area contributed by atoms with Gasteiger partial charge in [0.05, 0.1) is 12.2 Å². The van der Waals surface area contributed by atoms with Crippen molar-refractivity contribution in [1.29, 1.82) is 0 Å². The first kappa shape index (κ1) is 18.1. The maximum atomic E-state index is 13.0. The van der Waals surface area contributed by atoms with E-state index in [1.807, 2.05) is 12.1 Å². The second kappa shape index (κ2) is 10.7. The van der Waals surface area contributed by atoms with Crippen molar-refractivity contribution >= 4 is 0 Å². The average Bonchev–Trinajstić information content (AvgIpc) is 2.49. The van der Waals surface area contributed by atoms with E-state index in [9.17, 15) is 4.39 Å². The maximum absolute atomic E-state index is 13.0. The molecule has 21 heavy (non-hydrogen) atoms. The number of rotatable bonds is 11. The molecule has 0 spiro atoms. The van der Waals surface area contributed by atoms with Crippen LogP contribution in [0.2, 0.25) is 0 Å². The lowest BCUT2D eigenvalue weighted by atomic mass is 10.1. The number of unbranched alkanes of at least 4 members (excludes halogenated alkanes) is 3. The van der Waals surface area contributed by atoms with Gasteiger partial charge in [0.25, 0.3) is 0 Å². The van der Waals surface area contributed by atoms with Crippen LogP contribution < -0.4 is 5.32 Å². The highest BCUT2D eigenvalue weighted by atomic mass is 19.1. The van der Waals surface area contributed by atoms with Crippen molar-refractivity contribution in [3.63, 3.8) is 0 Å². The molecule has 0 heterocycles. The number of likely N-dealkylation sites (N-methyl/N-ethyl adjacent to an activating group) is 1. The van der Waals surface area contributed by atoms with E-state index >= 15 is 0 Å². The quantitative estimate of drug-likeness (QED) is 0.589. The van der Waals surface area contributed by atoms with Gasteiger partial charge in [-0.3, -0.25) is 0 Å². The SMILES string of the molecule is CCCCCCC(C)OC(CNCC)c1ccc(F)cc1. The third-order valence-corrected chi connectivity index (χ3v) is 3.68. The molecule has 0 saturated heterocycles. The highest BCUT2D eigenvalue weighted by Gasteiger charge is 2.15. The minimum absolute atomic E-state index is 0.00766. The van der Waals surface area contributed by atoms with Gasteiger partial charge in [-0.1, -0.05) is 51.7 Å². The van der Waals surface area contributed by atoms with Gasteiger partial charge < -0.3 is 10.1 Å². The Labute approximate surface area is 129 Å². The standard InChI is InChI=1S/C18H30FNO/c1-4-6-7-8-9-15(3)21-18(14-20-5-2)16-10-12-17(19)13-11-16/h10-13,15,18,20H,4-9,14H2,1-3H3. The van der Waals surface area contributed by atoms with Crippen molar-refractivity contribution in [1.82, 2.24) is 5.32 Å². The van der Waals surface area contributed by atoms with Crippen LogP contribution in [0.4, 0.5) is 4.39 Å². The van der Waals surface area contributed by atoms with Crippen LogP contribution in [0.5, 0.6) is 0 Å². The smallest absolute Gasteiger partial charge is 0.123 e. The number of nitrogens with one attached hydrogen (secondary N) is 1. The lowest BCUT2D eigenvalue weighted by Crippen LogP contribution is -2.26. The fourth-order valence-corrected chi connectivity index (χ4v) is 2.40. The van der Waals surface area contributed by atoms with E-state index in [1.165, 1.54) is 37.8 Å². The molecule has 0 amide bonds. The van der Waals surface area contributed by atoms with E-state index in [-0.39, 0.29) is 18.0 Å². The van der Waals surface area contributed by atoms with E-state index < -0.39 is 0 Å². The minimum atomic E-state index is -0.200. The van der Waals surface area contributed by atoms with E-state index in [0.29, 0.717) is 0 Å². The molecule has 0 aliphatic heterocycles. The zero-order valence-electron chi connectivity index (χ0n) is 13.7. The first-order valence-corrected chi connectivity index (χ1v) is 8.29. The Bertz CT molecular complexity index is 366. The molecule has 0 aliphatic rings. The van der Waals surface area contributed by atoms with E-state index in [2.05, 4.69) is 26.1 Å². The van der Waals surface area contributed by atoms with E-state index in [4.69, 9.17) is 4.74 Å². The Morgan fingerprint density at radius 2 is 1.81 bits per heavy atom. The molecule has 1 rings (SSSR count). The lowest BCUT2D eigenvalue weighted by Gasteiger charge is -2.23. The summed E-state index contributed by atoms with van der Waals surface area (Å²) in [4.78, 5) is 0. The first-order valence-electron chi connectivity index (χ1n) is 8.29. The van der Waals surface area contributed by atoms with Gasteiger partial charge in [-0.05, 0) is 37.6 Å². The van der Waals surface area contributed by atoms with Gasteiger partial charge in [0, 0.05) is 6.54 Å². The van der Waals surface area contributed by atoms with Crippen molar-refractivity contribution in [2.45, 2.75) is 65.1 Å². The molecule has 0 saturated carbocycles. The normalized spacial score (nSPS) is 14.1. The molecule has 0 radical (unpaired) electrons. The zero-order valence-corrected chi connectivity index (χ0v) is 13.7. The predicted molar refractivity (Wildman–Crippen MR) is 87.0 cm³/mol. The second-order valence-corrected chi connectivity index (χ2v) is 5.64. The Balaban J connectivity index is 2.50. The lowest BCUT2D eigenvalue weighted by molar-refractivity contribution is -0.00787. The van der Waals surface area contributed by atoms with Crippen LogP contribution in [-0.4, -0.2) is 19.2 Å². The Hall–Kier alpha value is -0.930. The Morgan fingerprint density at radius 1 is 1.10 bits per heavy atom. The summed E-state index contributed by atoms with van der Waals surface area (Å²) in [6.45, 7) is 8.11. The van der Waals surface area contributed by atoms with Crippen LogP contribution in [0.3, 0.4) is 0 Å². The number of hydrogen-bond donors (Lipinski definition) is 1. The number of halogens is 1. The van der Waals surface area contributed by atoms with Gasteiger partial charge in [-0.15, -0.1) is 0 Å². The highest BCUT2D eigenvalue weighted by Crippen LogP contribution is 2.21. The van der Waals surface area contributed by atoms with Crippen molar-refractivity contribution in [3.8, 4) is 0 Å². The molecule has 1 aromatic carbocycles. The molecular weight excluding hydrogens is 265 g/mol. The van der Waals surface area contributed by atoms with Gasteiger partial charge in [0.15, 0.2) is 0 Å². The summed E-state index contributed by atoms with van der Waals surface area (Å²) in [5, 5.41) is 3.32. The van der Waals surface area contributed by atoms with Crippen LogP contribution >= 0.6 is 0 Å². The predicted octanol–water partition coefficient (Wildman–Crippen LogP) is 4.85. The van der Waals surface area contributed by atoms with Crippen molar-refractivity contribution in [2.75, 3.05) is 13.1 Å². The summed E-state index contributed by atoms with van der Waals surface area (Å²) in [5.41, 5.74) is 1.04. The zero-order chi connectivity index (χ0) is 15.5. The number of hydrogen-bond acceptors (Lipinski definition) is 2. The first-order chi connectivity index (χ1) is 10.2. The third-order valence-electron chi connectivity index (χ3n) is 3.68. The molecule has 0 aromatic heterocycles. The number of benzene rings is 1. The summed E-state index contributed by atoms with van der Waals surface area (Å²) in [7, 11) is 0. The van der Waals surface area contributed by atoms with Crippen LogP contribution in [-0.2, 0) is 4.74 Å². The molecule has 2 nitrogen and oxygen atoms in total. The molecule has 2 atom stereocenters. The topological polar surface area (TPSA) is 21.3 Å². The van der Waals surface area contributed by atoms with E-state index in [0.717, 1.165) is 25.1 Å². The van der Waals surface area contributed by atoms with Crippen molar-refractivity contribution in [2.24, 2.45) is 0 Å². The van der Waals surface area contributed by atoms with Crippen LogP contribution in [0.15, 0.2) is 24.3 Å². The molecule has 3 heteroatoms. The summed E-state index contributed by atoms with van der Waals surface area (Å²) < 4.78 is 19.2. The second-order valence-electron chi connectivity index (χ2n) is 5.64. The van der Waals surface area contributed by atoms with Gasteiger partial charge >= 0.3 is 0 Å². The maximum Gasteiger partial charge on any atom is 0.123 e. The number of ether oxygens (including phenoxy) is 1. The van der Waals surface area contributed by atoms with Crippen LogP contribution in [0.25, 0.3) is 0 Å². The third kappa shape index (κ3) is 7.58. The van der Waals surface area contributed by atoms with Crippen LogP contribution in [0.1, 0.15) is 64.5 Å². The summed E-state index contributed by atoms with van der Waals surface area (Å²) in [5.74, 6) is -0.200. The highest BCUT2D eigenvalue weighted by molar-refractivity contribution is 5.19. The molecule has 1 N–H and O–H groups in total. The minimum Gasteiger partial charge on any atom is -0.369 e. The van der Waals surface area contributed by atoms with Gasteiger partial charge in [-0.2, -0.15) is 0 Å². The molecular formula is C18H30FNO. The Morgan fingerprint density at radius 3 is 2.43 bits per heavy atom. The molecule has 120 valence electrons. The fraction of sp³-hybridized carbons (Fsp3) is 0.667. The molecule has 0 fully saturated rings. The van der Waals surface area contributed by atoms with Gasteiger partial charge in [0.1, 0.15) is 5.82 Å².